The van der Waals surface area contributed by atoms with Gasteiger partial charge in [-0.1, -0.05) is 23.2 Å². The lowest BCUT2D eigenvalue weighted by Gasteiger charge is -2.38. The summed E-state index contributed by atoms with van der Waals surface area (Å²) in [6.45, 7) is 2.63. The van der Waals surface area contributed by atoms with Gasteiger partial charge in [0.25, 0.3) is 5.91 Å². The van der Waals surface area contributed by atoms with Gasteiger partial charge in [-0.2, -0.15) is 5.10 Å². The van der Waals surface area contributed by atoms with E-state index in [1.165, 1.54) is 6.20 Å². The van der Waals surface area contributed by atoms with Gasteiger partial charge in [-0.3, -0.25) is 14.3 Å². The first kappa shape index (κ1) is 21.6. The van der Waals surface area contributed by atoms with Gasteiger partial charge in [0.1, 0.15) is 22.9 Å². The lowest BCUT2D eigenvalue weighted by atomic mass is 10.1. The molecule has 0 aliphatic carbocycles. The van der Waals surface area contributed by atoms with Crippen molar-refractivity contribution in [3.63, 3.8) is 0 Å². The number of H-pyrrole nitrogens is 1. The summed E-state index contributed by atoms with van der Waals surface area (Å²) >= 11 is 12.4. The average Bonchev–Trinajstić information content (AvgIpc) is 3.32. The molecule has 0 unspecified atom stereocenters. The van der Waals surface area contributed by atoms with Crippen molar-refractivity contribution in [2.45, 2.75) is 19.0 Å². The molecule has 3 aromatic heterocycles. The highest BCUT2D eigenvalue weighted by molar-refractivity contribution is 6.42. The molecule has 4 heterocycles. The van der Waals surface area contributed by atoms with Gasteiger partial charge in [-0.15, -0.1) is 0 Å². The number of benzene rings is 1. The zero-order valence-corrected chi connectivity index (χ0v) is 19.3. The van der Waals surface area contributed by atoms with Gasteiger partial charge < -0.3 is 20.9 Å². The van der Waals surface area contributed by atoms with E-state index in [1.807, 2.05) is 0 Å². The van der Waals surface area contributed by atoms with Crippen LogP contribution < -0.4 is 11.1 Å². The Kier molecular flexibility index (Phi) is 5.23. The number of likely N-dealkylation sites (tertiary alicyclic amines) is 1. The number of hydrogen-bond acceptors (Lipinski definition) is 6. The van der Waals surface area contributed by atoms with E-state index in [0.717, 1.165) is 10.9 Å². The van der Waals surface area contributed by atoms with Crippen LogP contribution in [0.25, 0.3) is 33.5 Å². The number of nitrogens with two attached hydrogens (primary N) is 1. The Hall–Kier alpha value is -3.21. The number of nitrogens with zero attached hydrogens (tertiary/aromatic N) is 5. The van der Waals surface area contributed by atoms with Crippen LogP contribution >= 0.6 is 23.2 Å². The molecule has 33 heavy (non-hydrogen) atoms. The Morgan fingerprint density at radius 1 is 1.27 bits per heavy atom. The maximum Gasteiger partial charge on any atom is 0.255 e. The molecule has 1 atom stereocenters. The lowest BCUT2D eigenvalue weighted by molar-refractivity contribution is -0.137. The van der Waals surface area contributed by atoms with Crippen molar-refractivity contribution in [2.24, 2.45) is 12.8 Å². The number of nitrogens with one attached hydrogen (secondary N) is 2. The number of aromatic amines is 1. The zero-order chi connectivity index (χ0) is 23.4. The molecule has 12 heteroatoms. The van der Waals surface area contributed by atoms with Gasteiger partial charge in [0.05, 0.1) is 27.3 Å². The van der Waals surface area contributed by atoms with Gasteiger partial charge in [-0.25, -0.2) is 9.97 Å². The number of hydrogen-bond donors (Lipinski definition) is 3. The topological polar surface area (TPSA) is 135 Å². The fourth-order valence-electron chi connectivity index (χ4n) is 3.92. The predicted octanol–water partition coefficient (Wildman–Crippen LogP) is 2.11. The van der Waals surface area contributed by atoms with Crippen LogP contribution in [0.3, 0.4) is 0 Å². The number of amides is 2. The minimum absolute atomic E-state index is 0.00671. The summed E-state index contributed by atoms with van der Waals surface area (Å²) in [6.07, 6.45) is 3.09. The summed E-state index contributed by atoms with van der Waals surface area (Å²) < 4.78 is 1.68. The molecule has 0 saturated carbocycles. The molecule has 5 rings (SSSR count). The van der Waals surface area contributed by atoms with E-state index < -0.39 is 11.9 Å². The average molecular weight is 487 g/mol. The molecule has 1 fully saturated rings. The van der Waals surface area contributed by atoms with Gasteiger partial charge >= 0.3 is 0 Å². The molecule has 4 aromatic rings. The Morgan fingerprint density at radius 3 is 2.73 bits per heavy atom. The molecule has 10 nitrogen and oxygen atoms in total. The Labute approximate surface area is 198 Å². The second-order valence-corrected chi connectivity index (χ2v) is 8.92. The van der Waals surface area contributed by atoms with Crippen LogP contribution in [0.1, 0.15) is 17.3 Å². The highest BCUT2D eigenvalue weighted by atomic mass is 35.5. The predicted molar refractivity (Wildman–Crippen MR) is 125 cm³/mol. The number of aromatic nitrogens is 5. The minimum Gasteiger partial charge on any atom is -0.344 e. The molecular formula is C21H20Cl2N8O2. The second kappa shape index (κ2) is 7.98. The van der Waals surface area contributed by atoms with E-state index in [9.17, 15) is 9.59 Å². The SMILES string of the molecule is C[C@@H](NC(=O)c1c[nH]c2ncc(-c3nn(C)c4cc(Cl)c(Cl)cc34)nc12)C(=O)N1CC(N)C1. The molecular weight excluding hydrogens is 467 g/mol. The van der Waals surface area contributed by atoms with Crippen molar-refractivity contribution in [2.75, 3.05) is 13.1 Å². The van der Waals surface area contributed by atoms with E-state index in [-0.39, 0.29) is 17.5 Å². The third-order valence-corrected chi connectivity index (χ3v) is 6.42. The molecule has 0 spiro atoms. The first-order valence-electron chi connectivity index (χ1n) is 10.2. The van der Waals surface area contributed by atoms with E-state index in [1.54, 1.807) is 41.9 Å². The monoisotopic (exact) mass is 486 g/mol. The maximum absolute atomic E-state index is 12.9. The van der Waals surface area contributed by atoms with Crippen molar-refractivity contribution >= 4 is 57.1 Å². The quantitative estimate of drug-likeness (QED) is 0.404. The molecule has 1 aliphatic rings. The van der Waals surface area contributed by atoms with E-state index in [0.29, 0.717) is 45.7 Å². The number of carbonyl (C=O) groups is 2. The Balaban J connectivity index is 1.47. The normalized spacial score (nSPS) is 15.1. The third kappa shape index (κ3) is 3.69. The van der Waals surface area contributed by atoms with E-state index in [2.05, 4.69) is 25.4 Å². The number of fused-ring (bicyclic) bond motifs is 2. The van der Waals surface area contributed by atoms with Crippen molar-refractivity contribution < 1.29 is 9.59 Å². The van der Waals surface area contributed by atoms with Gasteiger partial charge in [0.2, 0.25) is 5.91 Å². The molecule has 1 saturated heterocycles. The fraction of sp³-hybridized carbons (Fsp3) is 0.286. The first-order chi connectivity index (χ1) is 15.7. The van der Waals surface area contributed by atoms with E-state index in [4.69, 9.17) is 28.9 Å². The summed E-state index contributed by atoms with van der Waals surface area (Å²) in [5.41, 5.74) is 8.65. The molecule has 4 N–H and O–H groups in total. The fourth-order valence-corrected chi connectivity index (χ4v) is 4.24. The second-order valence-electron chi connectivity index (χ2n) is 8.11. The van der Waals surface area contributed by atoms with Crippen molar-refractivity contribution in [1.29, 1.82) is 0 Å². The summed E-state index contributed by atoms with van der Waals surface area (Å²) in [4.78, 5) is 39.0. The van der Waals surface area contributed by atoms with Crippen molar-refractivity contribution in [1.82, 2.24) is 34.9 Å². The smallest absolute Gasteiger partial charge is 0.255 e. The maximum atomic E-state index is 12.9. The van der Waals surface area contributed by atoms with E-state index >= 15 is 0 Å². The summed E-state index contributed by atoms with van der Waals surface area (Å²) in [6, 6.07) is 2.76. The van der Waals surface area contributed by atoms with Crippen LogP contribution in [0.5, 0.6) is 0 Å². The molecule has 0 bridgehead atoms. The van der Waals surface area contributed by atoms with Crippen LogP contribution in [0.4, 0.5) is 0 Å². The zero-order valence-electron chi connectivity index (χ0n) is 17.8. The van der Waals surface area contributed by atoms with Crippen LogP contribution in [0.15, 0.2) is 24.5 Å². The number of aryl methyl sites for hydroxylation is 1. The van der Waals surface area contributed by atoms with Gasteiger partial charge in [-0.05, 0) is 19.1 Å². The summed E-state index contributed by atoms with van der Waals surface area (Å²) in [5.74, 6) is -0.605. The van der Waals surface area contributed by atoms with Crippen LogP contribution in [0, 0.1) is 0 Å². The standard InChI is InChI=1S/C21H20Cl2N8O2/c1-9(21(33)31-7-10(24)8-31)27-20(32)12-5-25-19-18(12)28-15(6-26-19)17-11-3-13(22)14(23)4-16(11)30(2)29-17/h3-6,9-10H,7-8,24H2,1-2H3,(H,25,26)(H,27,32)/t9-/m1/s1. The summed E-state index contributed by atoms with van der Waals surface area (Å²) in [7, 11) is 1.79. The summed E-state index contributed by atoms with van der Waals surface area (Å²) in [5, 5.41) is 8.86. The van der Waals surface area contributed by atoms with Gasteiger partial charge in [0, 0.05) is 37.8 Å². The van der Waals surface area contributed by atoms with Crippen molar-refractivity contribution in [3.05, 3.63) is 40.1 Å². The van der Waals surface area contributed by atoms with Crippen LogP contribution in [-0.2, 0) is 11.8 Å². The third-order valence-electron chi connectivity index (χ3n) is 5.70. The minimum atomic E-state index is -0.697. The van der Waals surface area contributed by atoms with Gasteiger partial charge in [0.15, 0.2) is 5.65 Å². The highest BCUT2D eigenvalue weighted by Crippen LogP contribution is 2.33. The molecule has 1 aromatic carbocycles. The molecule has 0 radical (unpaired) electrons. The molecule has 2 amide bonds. The van der Waals surface area contributed by atoms with Crippen molar-refractivity contribution in [3.8, 4) is 11.4 Å². The highest BCUT2D eigenvalue weighted by Gasteiger charge is 2.31. The molecule has 1 aliphatic heterocycles. The van der Waals surface area contributed by atoms with Crippen LogP contribution in [-0.4, -0.2) is 66.6 Å². The number of carbonyl (C=O) groups excluding carboxylic acids is 2. The Morgan fingerprint density at radius 2 is 2.00 bits per heavy atom. The number of rotatable bonds is 4. The number of halogens is 2. The van der Waals surface area contributed by atoms with Crippen LogP contribution in [0.2, 0.25) is 10.0 Å². The Bertz CT molecular complexity index is 1420. The first-order valence-corrected chi connectivity index (χ1v) is 11.0. The largest absolute Gasteiger partial charge is 0.344 e. The lowest BCUT2D eigenvalue weighted by Crippen LogP contribution is -2.61. The molecule has 170 valence electrons.